The van der Waals surface area contributed by atoms with Gasteiger partial charge in [0, 0.05) is 30.9 Å². The molecule has 1 aromatic carbocycles. The summed E-state index contributed by atoms with van der Waals surface area (Å²) in [6, 6.07) is 9.63. The first-order valence-electron chi connectivity index (χ1n) is 8.51. The zero-order valence-electron chi connectivity index (χ0n) is 14.9. The highest BCUT2D eigenvalue weighted by atomic mass is 16.5. The minimum atomic E-state index is -0.0997. The van der Waals surface area contributed by atoms with Gasteiger partial charge in [-0.25, -0.2) is 14.8 Å². The van der Waals surface area contributed by atoms with Crippen molar-refractivity contribution < 1.29 is 9.53 Å². The Morgan fingerprint density at radius 2 is 2.00 bits per heavy atom. The fraction of sp³-hybridized carbons (Fsp3) is 0.421. The fourth-order valence-corrected chi connectivity index (χ4v) is 2.78. The van der Waals surface area contributed by atoms with Gasteiger partial charge in [0.15, 0.2) is 0 Å². The zero-order valence-corrected chi connectivity index (χ0v) is 14.9. The largest absolute Gasteiger partial charge is 0.472 e. The van der Waals surface area contributed by atoms with Crippen LogP contribution in [-0.2, 0) is 5.41 Å². The zero-order chi connectivity index (χ0) is 17.9. The smallest absolute Gasteiger partial charge is 0.321 e. The first-order chi connectivity index (χ1) is 11.9. The highest BCUT2D eigenvalue weighted by molar-refractivity contribution is 5.89. The number of amides is 2. The number of hydrogen-bond donors (Lipinski definition) is 1. The predicted octanol–water partition coefficient (Wildman–Crippen LogP) is 3.46. The highest BCUT2D eigenvalue weighted by Gasteiger charge is 2.28. The molecular weight excluding hydrogens is 316 g/mol. The third-order valence-corrected chi connectivity index (χ3v) is 4.28. The second kappa shape index (κ2) is 7.09. The topological polar surface area (TPSA) is 67.4 Å². The average molecular weight is 340 g/mol. The number of aromatic nitrogens is 2. The van der Waals surface area contributed by atoms with Crippen LogP contribution in [0.3, 0.4) is 0 Å². The molecule has 1 N–H and O–H groups in total. The van der Waals surface area contributed by atoms with Gasteiger partial charge in [0.25, 0.3) is 0 Å². The van der Waals surface area contributed by atoms with E-state index in [1.807, 2.05) is 12.1 Å². The van der Waals surface area contributed by atoms with Crippen LogP contribution in [0.5, 0.6) is 5.88 Å². The van der Waals surface area contributed by atoms with E-state index in [1.165, 1.54) is 11.9 Å². The predicted molar refractivity (Wildman–Crippen MR) is 96.8 cm³/mol. The maximum Gasteiger partial charge on any atom is 0.321 e. The Labute approximate surface area is 148 Å². The lowest BCUT2D eigenvalue weighted by atomic mass is 9.87. The lowest BCUT2D eigenvalue weighted by Gasteiger charge is -2.20. The Balaban J connectivity index is 1.54. The van der Waals surface area contributed by atoms with Crippen LogP contribution in [0.2, 0.25) is 0 Å². The van der Waals surface area contributed by atoms with Gasteiger partial charge in [-0.05, 0) is 23.1 Å². The summed E-state index contributed by atoms with van der Waals surface area (Å²) in [6.07, 6.45) is 3.85. The minimum Gasteiger partial charge on any atom is -0.472 e. The number of likely N-dealkylation sites (tertiary alicyclic amines) is 1. The number of carbonyl (C=O) groups is 1. The van der Waals surface area contributed by atoms with Crippen LogP contribution in [0.25, 0.3) is 0 Å². The number of urea groups is 1. The number of benzene rings is 1. The first kappa shape index (κ1) is 17.2. The van der Waals surface area contributed by atoms with Gasteiger partial charge in [-0.15, -0.1) is 0 Å². The lowest BCUT2D eigenvalue weighted by Crippen LogP contribution is -2.34. The first-order valence-corrected chi connectivity index (χ1v) is 8.51. The molecule has 2 heterocycles. The van der Waals surface area contributed by atoms with E-state index >= 15 is 0 Å². The van der Waals surface area contributed by atoms with Crippen molar-refractivity contribution in [2.45, 2.75) is 38.7 Å². The number of ether oxygens (including phenoxy) is 1. The molecule has 1 aliphatic heterocycles. The summed E-state index contributed by atoms with van der Waals surface area (Å²) in [7, 11) is 0. The molecule has 25 heavy (non-hydrogen) atoms. The molecule has 0 bridgehead atoms. The van der Waals surface area contributed by atoms with Crippen LogP contribution in [0, 0.1) is 0 Å². The molecule has 1 unspecified atom stereocenters. The van der Waals surface area contributed by atoms with Gasteiger partial charge in [0.05, 0.1) is 6.54 Å². The maximum absolute atomic E-state index is 12.4. The van der Waals surface area contributed by atoms with Gasteiger partial charge in [-0.1, -0.05) is 32.9 Å². The molecule has 0 aliphatic carbocycles. The third-order valence-electron chi connectivity index (χ3n) is 4.28. The standard InChI is InChI=1S/C19H24N4O2/c1-19(2,3)14-4-6-15(7-5-14)22-18(24)23-11-9-16(12-23)25-17-8-10-20-13-21-17/h4-8,10,13,16H,9,11-12H2,1-3H3,(H,22,24). The Bertz CT molecular complexity index is 710. The molecule has 6 heteroatoms. The second-order valence-electron chi connectivity index (χ2n) is 7.28. The molecule has 1 aromatic heterocycles. The van der Waals surface area contributed by atoms with Gasteiger partial charge >= 0.3 is 6.03 Å². The van der Waals surface area contributed by atoms with Crippen molar-refractivity contribution in [3.8, 4) is 5.88 Å². The fourth-order valence-electron chi connectivity index (χ4n) is 2.78. The summed E-state index contributed by atoms with van der Waals surface area (Å²) in [5.41, 5.74) is 2.14. The van der Waals surface area contributed by atoms with Crippen LogP contribution >= 0.6 is 0 Å². The van der Waals surface area contributed by atoms with Crippen molar-refractivity contribution >= 4 is 11.7 Å². The number of rotatable bonds is 3. The number of carbonyl (C=O) groups excluding carboxylic acids is 1. The van der Waals surface area contributed by atoms with Crippen molar-refractivity contribution in [3.05, 3.63) is 48.4 Å². The molecular formula is C19H24N4O2. The Kier molecular flexibility index (Phi) is 4.88. The molecule has 1 fully saturated rings. The van der Waals surface area contributed by atoms with Gasteiger partial charge < -0.3 is 15.0 Å². The third kappa shape index (κ3) is 4.47. The highest BCUT2D eigenvalue weighted by Crippen LogP contribution is 2.24. The summed E-state index contributed by atoms with van der Waals surface area (Å²) >= 11 is 0. The second-order valence-corrected chi connectivity index (χ2v) is 7.28. The van der Waals surface area contributed by atoms with E-state index < -0.39 is 0 Å². The van der Waals surface area contributed by atoms with Crippen LogP contribution < -0.4 is 10.1 Å². The van der Waals surface area contributed by atoms with Gasteiger partial charge in [0.2, 0.25) is 5.88 Å². The number of nitrogens with one attached hydrogen (secondary N) is 1. The Morgan fingerprint density at radius 3 is 2.64 bits per heavy atom. The molecule has 1 aliphatic rings. The summed E-state index contributed by atoms with van der Waals surface area (Å²) in [5, 5.41) is 2.95. The summed E-state index contributed by atoms with van der Waals surface area (Å²) in [4.78, 5) is 22.1. The van der Waals surface area contributed by atoms with Crippen molar-refractivity contribution in [1.82, 2.24) is 14.9 Å². The molecule has 1 atom stereocenters. The minimum absolute atomic E-state index is 0.0380. The number of nitrogens with zero attached hydrogens (tertiary/aromatic N) is 3. The summed E-state index contributed by atoms with van der Waals surface area (Å²) in [5.74, 6) is 0.542. The van der Waals surface area contributed by atoms with E-state index in [-0.39, 0.29) is 17.6 Å². The van der Waals surface area contributed by atoms with Crippen molar-refractivity contribution in [2.75, 3.05) is 18.4 Å². The molecule has 0 radical (unpaired) electrons. The van der Waals surface area contributed by atoms with E-state index in [0.717, 1.165) is 12.1 Å². The van der Waals surface area contributed by atoms with Gasteiger partial charge in [0.1, 0.15) is 12.4 Å². The Hall–Kier alpha value is -2.63. The van der Waals surface area contributed by atoms with Crippen LogP contribution in [0.1, 0.15) is 32.8 Å². The van der Waals surface area contributed by atoms with Crippen molar-refractivity contribution in [3.63, 3.8) is 0 Å². The molecule has 0 saturated carbocycles. The van der Waals surface area contributed by atoms with E-state index in [0.29, 0.717) is 19.0 Å². The SMILES string of the molecule is CC(C)(C)c1ccc(NC(=O)N2CCC(Oc3ccncn3)C2)cc1. The van der Waals surface area contributed by atoms with Crippen LogP contribution in [0.15, 0.2) is 42.9 Å². The monoisotopic (exact) mass is 340 g/mol. The summed E-state index contributed by atoms with van der Waals surface area (Å²) < 4.78 is 5.79. The molecule has 0 spiro atoms. The summed E-state index contributed by atoms with van der Waals surface area (Å²) in [6.45, 7) is 7.73. The van der Waals surface area contributed by atoms with Crippen molar-refractivity contribution in [2.24, 2.45) is 0 Å². The average Bonchev–Trinajstić information content (AvgIpc) is 3.04. The van der Waals surface area contributed by atoms with E-state index in [9.17, 15) is 4.79 Å². The normalized spacial score (nSPS) is 17.4. The molecule has 3 rings (SSSR count). The molecule has 132 valence electrons. The van der Waals surface area contributed by atoms with Gasteiger partial charge in [-0.3, -0.25) is 0 Å². The van der Waals surface area contributed by atoms with E-state index in [1.54, 1.807) is 17.2 Å². The van der Waals surface area contributed by atoms with Gasteiger partial charge in [-0.2, -0.15) is 0 Å². The van der Waals surface area contributed by atoms with E-state index in [4.69, 9.17) is 4.74 Å². The van der Waals surface area contributed by atoms with Crippen LogP contribution in [0.4, 0.5) is 10.5 Å². The van der Waals surface area contributed by atoms with Crippen molar-refractivity contribution in [1.29, 1.82) is 0 Å². The number of anilines is 1. The lowest BCUT2D eigenvalue weighted by molar-refractivity contribution is 0.189. The molecule has 1 saturated heterocycles. The number of hydrogen-bond acceptors (Lipinski definition) is 4. The maximum atomic E-state index is 12.4. The molecule has 2 amide bonds. The van der Waals surface area contributed by atoms with E-state index in [2.05, 4.69) is 48.2 Å². The molecule has 6 nitrogen and oxygen atoms in total. The quantitative estimate of drug-likeness (QED) is 0.929. The van der Waals surface area contributed by atoms with Crippen LogP contribution in [-0.4, -0.2) is 40.1 Å². The Morgan fingerprint density at radius 1 is 1.24 bits per heavy atom. The molecule has 2 aromatic rings.